The van der Waals surface area contributed by atoms with Gasteiger partial charge in [0.25, 0.3) is 5.91 Å². The van der Waals surface area contributed by atoms with E-state index in [1.165, 1.54) is 0 Å². The van der Waals surface area contributed by atoms with Crippen molar-refractivity contribution in [3.63, 3.8) is 0 Å². The summed E-state index contributed by atoms with van der Waals surface area (Å²) < 4.78 is 0. The van der Waals surface area contributed by atoms with Gasteiger partial charge in [-0.25, -0.2) is 0 Å². The fourth-order valence-electron chi connectivity index (χ4n) is 1.30. The summed E-state index contributed by atoms with van der Waals surface area (Å²) >= 11 is 0. The molecule has 92 valence electrons. The monoisotopic (exact) mass is 235 g/mol. The fourth-order valence-corrected chi connectivity index (χ4v) is 1.30. The molecule has 1 aromatic rings. The Morgan fingerprint density at radius 3 is 2.47 bits per heavy atom. The summed E-state index contributed by atoms with van der Waals surface area (Å²) in [6, 6.07) is 3.29. The minimum absolute atomic E-state index is 0.0191. The topological polar surface area (TPSA) is 71.1 Å². The normalized spacial score (nSPS) is 9.71. The van der Waals surface area contributed by atoms with E-state index in [1.54, 1.807) is 24.5 Å². The lowest BCUT2D eigenvalue weighted by Gasteiger charge is -2.06. The van der Waals surface area contributed by atoms with E-state index in [9.17, 15) is 9.59 Å². The van der Waals surface area contributed by atoms with Gasteiger partial charge in [0.15, 0.2) is 0 Å². The highest BCUT2D eigenvalue weighted by Gasteiger charge is 2.03. The van der Waals surface area contributed by atoms with Gasteiger partial charge in [0.1, 0.15) is 0 Å². The van der Waals surface area contributed by atoms with E-state index in [1.807, 2.05) is 6.92 Å². The Labute approximate surface area is 101 Å². The van der Waals surface area contributed by atoms with Crippen LogP contribution in [0.2, 0.25) is 0 Å². The fraction of sp³-hybridized carbons (Fsp3) is 0.417. The van der Waals surface area contributed by atoms with Crippen LogP contribution in [0.1, 0.15) is 30.1 Å². The summed E-state index contributed by atoms with van der Waals surface area (Å²) in [6.45, 7) is 2.83. The SMILES string of the molecule is CCCC(=O)NCCNC(=O)c1ccncc1. The molecule has 5 heteroatoms. The van der Waals surface area contributed by atoms with E-state index in [2.05, 4.69) is 15.6 Å². The standard InChI is InChI=1S/C12H17N3O2/c1-2-3-11(16)14-8-9-15-12(17)10-4-6-13-7-5-10/h4-7H,2-3,8-9H2,1H3,(H,14,16)(H,15,17). The van der Waals surface area contributed by atoms with Crippen LogP contribution >= 0.6 is 0 Å². The predicted octanol–water partition coefficient (Wildman–Crippen LogP) is 0.728. The zero-order chi connectivity index (χ0) is 12.5. The number of carbonyl (C=O) groups excluding carboxylic acids is 2. The van der Waals surface area contributed by atoms with Crippen molar-refractivity contribution >= 4 is 11.8 Å². The maximum Gasteiger partial charge on any atom is 0.251 e. The van der Waals surface area contributed by atoms with E-state index in [-0.39, 0.29) is 11.8 Å². The highest BCUT2D eigenvalue weighted by atomic mass is 16.2. The van der Waals surface area contributed by atoms with Crippen molar-refractivity contribution in [2.45, 2.75) is 19.8 Å². The molecule has 5 nitrogen and oxygen atoms in total. The van der Waals surface area contributed by atoms with Crippen molar-refractivity contribution in [3.05, 3.63) is 30.1 Å². The first kappa shape index (κ1) is 13.2. The second-order valence-corrected chi connectivity index (χ2v) is 3.59. The number of carbonyl (C=O) groups is 2. The summed E-state index contributed by atoms with van der Waals surface area (Å²) in [5.74, 6) is -0.136. The summed E-state index contributed by atoms with van der Waals surface area (Å²) in [5.41, 5.74) is 0.569. The second-order valence-electron chi connectivity index (χ2n) is 3.59. The van der Waals surface area contributed by atoms with Gasteiger partial charge in [0.05, 0.1) is 0 Å². The first-order valence-corrected chi connectivity index (χ1v) is 5.69. The van der Waals surface area contributed by atoms with E-state index in [4.69, 9.17) is 0 Å². The smallest absolute Gasteiger partial charge is 0.251 e. The zero-order valence-corrected chi connectivity index (χ0v) is 9.90. The van der Waals surface area contributed by atoms with Crippen LogP contribution in [-0.4, -0.2) is 29.9 Å². The first-order chi connectivity index (χ1) is 8.24. The Balaban J connectivity index is 2.19. The van der Waals surface area contributed by atoms with Crippen LogP contribution < -0.4 is 10.6 Å². The molecule has 2 N–H and O–H groups in total. The molecular formula is C12H17N3O2. The molecule has 0 unspecified atom stereocenters. The van der Waals surface area contributed by atoms with Crippen molar-refractivity contribution < 1.29 is 9.59 Å². The lowest BCUT2D eigenvalue weighted by Crippen LogP contribution is -2.34. The first-order valence-electron chi connectivity index (χ1n) is 5.69. The molecule has 17 heavy (non-hydrogen) atoms. The molecule has 0 fully saturated rings. The van der Waals surface area contributed by atoms with Crippen molar-refractivity contribution in [3.8, 4) is 0 Å². The van der Waals surface area contributed by atoms with Gasteiger partial charge < -0.3 is 10.6 Å². The highest BCUT2D eigenvalue weighted by Crippen LogP contribution is 1.94. The van der Waals surface area contributed by atoms with E-state index in [0.29, 0.717) is 25.1 Å². The van der Waals surface area contributed by atoms with Gasteiger partial charge in [0.2, 0.25) is 5.91 Å². The number of aromatic nitrogens is 1. The molecule has 0 saturated carbocycles. The largest absolute Gasteiger partial charge is 0.354 e. The number of hydrogen-bond donors (Lipinski definition) is 2. The van der Waals surface area contributed by atoms with Crippen LogP contribution in [0.15, 0.2) is 24.5 Å². The number of nitrogens with zero attached hydrogens (tertiary/aromatic N) is 1. The van der Waals surface area contributed by atoms with Crippen molar-refractivity contribution in [2.75, 3.05) is 13.1 Å². The van der Waals surface area contributed by atoms with Gasteiger partial charge in [-0.15, -0.1) is 0 Å². The third-order valence-corrected chi connectivity index (χ3v) is 2.15. The maximum absolute atomic E-state index is 11.6. The highest BCUT2D eigenvalue weighted by molar-refractivity contribution is 5.93. The Hall–Kier alpha value is -1.91. The van der Waals surface area contributed by atoms with Gasteiger partial charge in [-0.1, -0.05) is 6.92 Å². The van der Waals surface area contributed by atoms with Crippen molar-refractivity contribution in [1.82, 2.24) is 15.6 Å². The molecule has 0 spiro atoms. The van der Waals surface area contributed by atoms with E-state index >= 15 is 0 Å². The van der Waals surface area contributed by atoms with Gasteiger partial charge in [-0.2, -0.15) is 0 Å². The Bertz CT molecular complexity index is 365. The third-order valence-electron chi connectivity index (χ3n) is 2.15. The molecule has 1 heterocycles. The molecule has 0 bridgehead atoms. The van der Waals surface area contributed by atoms with Crippen LogP contribution in [0.5, 0.6) is 0 Å². The summed E-state index contributed by atoms with van der Waals surface area (Å²) in [4.78, 5) is 26.5. The van der Waals surface area contributed by atoms with Crippen molar-refractivity contribution in [2.24, 2.45) is 0 Å². The molecule has 1 rings (SSSR count). The molecule has 0 radical (unpaired) electrons. The number of hydrogen-bond acceptors (Lipinski definition) is 3. The Kier molecular flexibility index (Phi) is 5.71. The average molecular weight is 235 g/mol. The Morgan fingerprint density at radius 1 is 1.18 bits per heavy atom. The molecule has 0 saturated heterocycles. The van der Waals surface area contributed by atoms with Gasteiger partial charge >= 0.3 is 0 Å². The lowest BCUT2D eigenvalue weighted by molar-refractivity contribution is -0.121. The number of pyridine rings is 1. The zero-order valence-electron chi connectivity index (χ0n) is 9.90. The minimum atomic E-state index is -0.155. The van der Waals surface area contributed by atoms with Gasteiger partial charge in [0, 0.05) is 37.5 Å². The van der Waals surface area contributed by atoms with Crippen LogP contribution in [0.25, 0.3) is 0 Å². The summed E-state index contributed by atoms with van der Waals surface area (Å²) in [5, 5.41) is 5.44. The Morgan fingerprint density at radius 2 is 1.82 bits per heavy atom. The number of rotatable bonds is 6. The molecule has 2 amide bonds. The molecule has 1 aromatic heterocycles. The maximum atomic E-state index is 11.6. The van der Waals surface area contributed by atoms with Crippen LogP contribution in [0, 0.1) is 0 Å². The predicted molar refractivity (Wildman–Crippen MR) is 64.5 cm³/mol. The summed E-state index contributed by atoms with van der Waals surface area (Å²) in [6.07, 6.45) is 4.49. The van der Waals surface area contributed by atoms with E-state index < -0.39 is 0 Å². The molecule has 0 aliphatic heterocycles. The van der Waals surface area contributed by atoms with Crippen molar-refractivity contribution in [1.29, 1.82) is 0 Å². The molecular weight excluding hydrogens is 218 g/mol. The molecule has 0 atom stereocenters. The lowest BCUT2D eigenvalue weighted by atomic mass is 10.2. The van der Waals surface area contributed by atoms with Crippen LogP contribution in [-0.2, 0) is 4.79 Å². The second kappa shape index (κ2) is 7.38. The third kappa shape index (κ3) is 5.10. The van der Waals surface area contributed by atoms with Crippen LogP contribution in [0.3, 0.4) is 0 Å². The summed E-state index contributed by atoms with van der Waals surface area (Å²) in [7, 11) is 0. The number of nitrogens with one attached hydrogen (secondary N) is 2. The molecule has 0 aliphatic rings. The van der Waals surface area contributed by atoms with E-state index in [0.717, 1.165) is 6.42 Å². The molecule has 0 aromatic carbocycles. The van der Waals surface area contributed by atoms with Gasteiger partial charge in [-0.3, -0.25) is 14.6 Å². The quantitative estimate of drug-likeness (QED) is 0.714. The average Bonchev–Trinajstić information content (AvgIpc) is 2.36. The molecule has 0 aliphatic carbocycles. The van der Waals surface area contributed by atoms with Crippen LogP contribution in [0.4, 0.5) is 0 Å². The van der Waals surface area contributed by atoms with Gasteiger partial charge in [-0.05, 0) is 18.6 Å². The number of amides is 2. The minimum Gasteiger partial charge on any atom is -0.354 e.